The van der Waals surface area contributed by atoms with Gasteiger partial charge >= 0.3 is 0 Å². The molecule has 0 aliphatic carbocycles. The van der Waals surface area contributed by atoms with E-state index >= 15 is 0 Å². The highest BCUT2D eigenvalue weighted by Gasteiger charge is 2.21. The highest BCUT2D eigenvalue weighted by atomic mass is 32.1. The normalized spacial score (nSPS) is 19.9. The van der Waals surface area contributed by atoms with Crippen LogP contribution in [0.5, 0.6) is 0 Å². The average Bonchev–Trinajstić information content (AvgIpc) is 2.95. The van der Waals surface area contributed by atoms with E-state index in [-0.39, 0.29) is 0 Å². The van der Waals surface area contributed by atoms with Gasteiger partial charge in [0.2, 0.25) is 0 Å². The van der Waals surface area contributed by atoms with Gasteiger partial charge in [-0.05, 0) is 25.7 Å². The zero-order chi connectivity index (χ0) is 13.4. The Balaban J connectivity index is 1.88. The Bertz CT molecular complexity index is 575. The minimum atomic E-state index is 0.621. The number of nitrogen functional groups attached to an aromatic ring is 1. The predicted octanol–water partition coefficient (Wildman–Crippen LogP) is 3.39. The maximum Gasteiger partial charge on any atom is 0.186 e. The van der Waals surface area contributed by atoms with Gasteiger partial charge in [0.1, 0.15) is 0 Å². The lowest BCUT2D eigenvalue weighted by atomic mass is 10.0. The van der Waals surface area contributed by atoms with Gasteiger partial charge in [-0.1, -0.05) is 18.3 Å². The number of nitrogens with two attached hydrogens (primary N) is 1. The van der Waals surface area contributed by atoms with Crippen molar-refractivity contribution < 1.29 is 0 Å². The number of thiazole rings is 2. The van der Waals surface area contributed by atoms with Crippen molar-refractivity contribution in [2.45, 2.75) is 26.7 Å². The van der Waals surface area contributed by atoms with Crippen LogP contribution in [0.1, 0.15) is 25.5 Å². The second-order valence-corrected chi connectivity index (χ2v) is 7.04. The maximum absolute atomic E-state index is 5.72. The van der Waals surface area contributed by atoms with Crippen LogP contribution in [-0.4, -0.2) is 23.1 Å². The number of piperidine rings is 1. The minimum Gasteiger partial charge on any atom is -0.375 e. The smallest absolute Gasteiger partial charge is 0.186 e. The Morgan fingerprint density at radius 3 is 2.95 bits per heavy atom. The Kier molecular flexibility index (Phi) is 3.45. The van der Waals surface area contributed by atoms with Gasteiger partial charge in [-0.25, -0.2) is 9.97 Å². The molecule has 2 aromatic heterocycles. The van der Waals surface area contributed by atoms with Gasteiger partial charge in [-0.2, -0.15) is 0 Å². The molecule has 19 heavy (non-hydrogen) atoms. The first-order valence-electron chi connectivity index (χ1n) is 6.57. The van der Waals surface area contributed by atoms with Gasteiger partial charge in [0.05, 0.1) is 16.3 Å². The first-order valence-corrected chi connectivity index (χ1v) is 8.27. The molecule has 1 fully saturated rings. The largest absolute Gasteiger partial charge is 0.375 e. The lowest BCUT2D eigenvalue weighted by Gasteiger charge is -2.30. The van der Waals surface area contributed by atoms with Crippen molar-refractivity contribution in [1.29, 1.82) is 0 Å². The van der Waals surface area contributed by atoms with E-state index < -0.39 is 0 Å². The molecule has 0 radical (unpaired) electrons. The van der Waals surface area contributed by atoms with Crippen LogP contribution in [-0.2, 0) is 0 Å². The van der Waals surface area contributed by atoms with Crippen molar-refractivity contribution in [3.8, 4) is 10.6 Å². The fraction of sp³-hybridized carbons (Fsp3) is 0.538. The summed E-state index contributed by atoms with van der Waals surface area (Å²) in [6, 6.07) is 0. The van der Waals surface area contributed by atoms with Gasteiger partial charge in [0.25, 0.3) is 0 Å². The molecule has 0 amide bonds. The van der Waals surface area contributed by atoms with Crippen LogP contribution in [0.15, 0.2) is 5.38 Å². The highest BCUT2D eigenvalue weighted by molar-refractivity contribution is 7.19. The molecule has 4 nitrogen and oxygen atoms in total. The zero-order valence-electron chi connectivity index (χ0n) is 11.2. The molecule has 1 aliphatic rings. The second-order valence-electron chi connectivity index (χ2n) is 5.18. The monoisotopic (exact) mass is 294 g/mol. The van der Waals surface area contributed by atoms with Crippen molar-refractivity contribution in [3.05, 3.63) is 11.1 Å². The van der Waals surface area contributed by atoms with E-state index in [0.717, 1.165) is 40.4 Å². The van der Waals surface area contributed by atoms with Crippen molar-refractivity contribution in [3.63, 3.8) is 0 Å². The molecular weight excluding hydrogens is 276 g/mol. The molecule has 1 saturated heterocycles. The molecule has 1 unspecified atom stereocenters. The van der Waals surface area contributed by atoms with E-state index in [2.05, 4.69) is 23.7 Å². The second kappa shape index (κ2) is 5.09. The molecule has 3 rings (SSSR count). The maximum atomic E-state index is 5.72. The number of aryl methyl sites for hydroxylation is 1. The van der Waals surface area contributed by atoms with Crippen molar-refractivity contribution >= 4 is 32.9 Å². The Labute approximate surface area is 121 Å². The van der Waals surface area contributed by atoms with Crippen LogP contribution in [0.3, 0.4) is 0 Å². The van der Waals surface area contributed by atoms with E-state index in [9.17, 15) is 0 Å². The third-order valence-corrected chi connectivity index (χ3v) is 5.38. The average molecular weight is 294 g/mol. The van der Waals surface area contributed by atoms with E-state index in [1.54, 1.807) is 11.3 Å². The number of rotatable bonds is 2. The van der Waals surface area contributed by atoms with E-state index in [1.165, 1.54) is 24.2 Å². The molecule has 0 aromatic carbocycles. The van der Waals surface area contributed by atoms with Gasteiger partial charge in [-0.15, -0.1) is 11.3 Å². The molecular formula is C13H18N4S2. The van der Waals surface area contributed by atoms with Crippen LogP contribution in [0.4, 0.5) is 10.3 Å². The van der Waals surface area contributed by atoms with E-state index in [4.69, 9.17) is 10.7 Å². The van der Waals surface area contributed by atoms with E-state index in [1.807, 2.05) is 5.38 Å². The molecule has 2 N–H and O–H groups in total. The summed E-state index contributed by atoms with van der Waals surface area (Å²) in [5.74, 6) is 0.760. The summed E-state index contributed by atoms with van der Waals surface area (Å²) in [5, 5.41) is 3.76. The van der Waals surface area contributed by atoms with Crippen LogP contribution < -0.4 is 10.6 Å². The molecule has 0 bridgehead atoms. The van der Waals surface area contributed by atoms with Crippen LogP contribution in [0.25, 0.3) is 10.6 Å². The first kappa shape index (κ1) is 12.9. The SMILES string of the molecule is Cc1nc(N2CCCC(C)C2)sc1-c1csc(N)n1. The lowest BCUT2D eigenvalue weighted by Crippen LogP contribution is -2.34. The standard InChI is InChI=1S/C13H18N4S2/c1-8-4-3-5-17(6-8)13-15-9(2)11(19-13)10-7-18-12(14)16-10/h7-8H,3-6H2,1-2H3,(H2,14,16). The quantitative estimate of drug-likeness (QED) is 0.922. The Hall–Kier alpha value is -1.14. The molecule has 3 heterocycles. The number of anilines is 2. The third kappa shape index (κ3) is 2.60. The van der Waals surface area contributed by atoms with Crippen LogP contribution in [0.2, 0.25) is 0 Å². The minimum absolute atomic E-state index is 0.621. The summed E-state index contributed by atoms with van der Waals surface area (Å²) < 4.78 is 0. The van der Waals surface area contributed by atoms with Gasteiger partial charge in [0, 0.05) is 18.5 Å². The number of aromatic nitrogens is 2. The fourth-order valence-electron chi connectivity index (χ4n) is 2.51. The lowest BCUT2D eigenvalue weighted by molar-refractivity contribution is 0.446. The predicted molar refractivity (Wildman–Crippen MR) is 83.0 cm³/mol. The summed E-state index contributed by atoms with van der Waals surface area (Å²) in [6.45, 7) is 6.61. The summed E-state index contributed by atoms with van der Waals surface area (Å²) in [7, 11) is 0. The van der Waals surface area contributed by atoms with Crippen molar-refractivity contribution in [1.82, 2.24) is 9.97 Å². The topological polar surface area (TPSA) is 55.0 Å². The van der Waals surface area contributed by atoms with Crippen LogP contribution in [0, 0.1) is 12.8 Å². The molecule has 0 spiro atoms. The zero-order valence-corrected chi connectivity index (χ0v) is 12.9. The van der Waals surface area contributed by atoms with Crippen LogP contribution >= 0.6 is 22.7 Å². The number of nitrogens with zero attached hydrogens (tertiary/aromatic N) is 3. The molecule has 1 aliphatic heterocycles. The molecule has 6 heteroatoms. The van der Waals surface area contributed by atoms with Crippen molar-refractivity contribution in [2.75, 3.05) is 23.7 Å². The summed E-state index contributed by atoms with van der Waals surface area (Å²) in [4.78, 5) is 12.6. The summed E-state index contributed by atoms with van der Waals surface area (Å²) in [5.41, 5.74) is 7.74. The highest BCUT2D eigenvalue weighted by Crippen LogP contribution is 2.36. The molecule has 1 atom stereocenters. The van der Waals surface area contributed by atoms with Gasteiger partial charge in [0.15, 0.2) is 10.3 Å². The Morgan fingerprint density at radius 1 is 1.42 bits per heavy atom. The molecule has 0 saturated carbocycles. The van der Waals surface area contributed by atoms with Gasteiger partial charge in [-0.3, -0.25) is 0 Å². The first-order chi connectivity index (χ1) is 9.13. The summed E-state index contributed by atoms with van der Waals surface area (Å²) >= 11 is 3.22. The Morgan fingerprint density at radius 2 is 2.26 bits per heavy atom. The number of hydrogen-bond donors (Lipinski definition) is 1. The molecule has 2 aromatic rings. The molecule has 102 valence electrons. The van der Waals surface area contributed by atoms with E-state index in [0.29, 0.717) is 5.13 Å². The van der Waals surface area contributed by atoms with Crippen molar-refractivity contribution in [2.24, 2.45) is 5.92 Å². The third-order valence-electron chi connectivity index (χ3n) is 3.47. The number of hydrogen-bond acceptors (Lipinski definition) is 6. The van der Waals surface area contributed by atoms with Gasteiger partial charge < -0.3 is 10.6 Å². The fourth-order valence-corrected chi connectivity index (χ4v) is 4.20. The summed E-state index contributed by atoms with van der Waals surface area (Å²) in [6.07, 6.45) is 2.59.